The van der Waals surface area contributed by atoms with Crippen LogP contribution in [0.1, 0.15) is 18.4 Å². The van der Waals surface area contributed by atoms with Gasteiger partial charge in [0.05, 0.1) is 10.9 Å². The minimum absolute atomic E-state index is 0.241. The Balaban J connectivity index is 2.36. The van der Waals surface area contributed by atoms with Crippen LogP contribution >= 0.6 is 0 Å². The van der Waals surface area contributed by atoms with Crippen LogP contribution in [0.3, 0.4) is 0 Å². The fourth-order valence-corrected chi connectivity index (χ4v) is 3.60. The molecule has 0 amide bonds. The van der Waals surface area contributed by atoms with Gasteiger partial charge in [-0.05, 0) is 31.9 Å². The second-order valence-electron chi connectivity index (χ2n) is 4.20. The van der Waals surface area contributed by atoms with Crippen molar-refractivity contribution in [3.8, 4) is 0 Å². The molecule has 0 spiro atoms. The van der Waals surface area contributed by atoms with Crippen molar-refractivity contribution >= 4 is 16.3 Å². The largest absolute Gasteiger partial charge is 0.289 e. The summed E-state index contributed by atoms with van der Waals surface area (Å²) in [6.07, 6.45) is 3.08. The molecular formula is C12H14NO3S. The van der Waals surface area contributed by atoms with Crippen molar-refractivity contribution in [1.82, 2.24) is 4.31 Å². The first kappa shape index (κ1) is 12.3. The van der Waals surface area contributed by atoms with E-state index in [1.54, 1.807) is 30.6 Å². The van der Waals surface area contributed by atoms with Crippen LogP contribution in [0.15, 0.2) is 29.2 Å². The molecule has 2 rings (SSSR count). The van der Waals surface area contributed by atoms with Gasteiger partial charge in [-0.3, -0.25) is 4.79 Å². The van der Waals surface area contributed by atoms with Crippen molar-refractivity contribution in [3.05, 3.63) is 29.8 Å². The smallest absolute Gasteiger partial charge is 0.243 e. The van der Waals surface area contributed by atoms with Crippen LogP contribution < -0.4 is 0 Å². The van der Waals surface area contributed by atoms with Gasteiger partial charge in [0, 0.05) is 6.54 Å². The van der Waals surface area contributed by atoms with E-state index in [0.29, 0.717) is 19.4 Å². The minimum atomic E-state index is -3.55. The zero-order valence-electron chi connectivity index (χ0n) is 9.59. The molecule has 1 fully saturated rings. The van der Waals surface area contributed by atoms with Gasteiger partial charge in [0.25, 0.3) is 0 Å². The molecule has 0 aliphatic carbocycles. The molecule has 4 nitrogen and oxygen atoms in total. The summed E-state index contributed by atoms with van der Waals surface area (Å²) >= 11 is 0. The Hall–Kier alpha value is -1.20. The van der Waals surface area contributed by atoms with Crippen LogP contribution in [-0.4, -0.2) is 31.6 Å². The number of aryl methyl sites for hydroxylation is 1. The second kappa shape index (κ2) is 4.58. The Morgan fingerprint density at radius 1 is 1.29 bits per heavy atom. The average Bonchev–Trinajstić information content (AvgIpc) is 2.78. The first-order valence-electron chi connectivity index (χ1n) is 5.52. The van der Waals surface area contributed by atoms with Gasteiger partial charge in [0.1, 0.15) is 0 Å². The Kier molecular flexibility index (Phi) is 3.31. The van der Waals surface area contributed by atoms with E-state index in [1.807, 2.05) is 6.92 Å². The van der Waals surface area contributed by atoms with E-state index >= 15 is 0 Å². The van der Waals surface area contributed by atoms with Crippen molar-refractivity contribution in [2.75, 3.05) is 6.54 Å². The summed E-state index contributed by atoms with van der Waals surface area (Å²) in [6, 6.07) is 6.03. The maximum absolute atomic E-state index is 12.3. The summed E-state index contributed by atoms with van der Waals surface area (Å²) in [6.45, 7) is 2.30. The third-order valence-electron chi connectivity index (χ3n) is 2.97. The van der Waals surface area contributed by atoms with E-state index in [9.17, 15) is 13.2 Å². The number of carbonyl (C=O) groups excluding carboxylic acids is 1. The third-order valence-corrected chi connectivity index (χ3v) is 4.89. The normalized spacial score (nSPS) is 21.6. The Morgan fingerprint density at radius 2 is 1.94 bits per heavy atom. The van der Waals surface area contributed by atoms with Crippen LogP contribution in [0, 0.1) is 6.92 Å². The highest BCUT2D eigenvalue weighted by molar-refractivity contribution is 7.89. The number of hydrogen-bond acceptors (Lipinski definition) is 3. The van der Waals surface area contributed by atoms with Crippen molar-refractivity contribution < 1.29 is 13.2 Å². The van der Waals surface area contributed by atoms with Crippen LogP contribution in [0.25, 0.3) is 0 Å². The van der Waals surface area contributed by atoms with Crippen molar-refractivity contribution in [1.29, 1.82) is 0 Å². The number of hydrogen-bond donors (Lipinski definition) is 0. The summed E-state index contributed by atoms with van der Waals surface area (Å²) < 4.78 is 25.8. The molecule has 91 valence electrons. The fourth-order valence-electron chi connectivity index (χ4n) is 1.99. The summed E-state index contributed by atoms with van der Waals surface area (Å²) in [5.74, 6) is 0. The third kappa shape index (κ3) is 2.25. The monoisotopic (exact) mass is 252 g/mol. The second-order valence-corrected chi connectivity index (χ2v) is 6.10. The Morgan fingerprint density at radius 3 is 2.53 bits per heavy atom. The summed E-state index contributed by atoms with van der Waals surface area (Å²) in [4.78, 5) is 11.0. The lowest BCUT2D eigenvalue weighted by Crippen LogP contribution is -2.36. The summed E-state index contributed by atoms with van der Waals surface area (Å²) in [5.41, 5.74) is 1.00. The maximum Gasteiger partial charge on any atom is 0.243 e. The van der Waals surface area contributed by atoms with E-state index in [2.05, 4.69) is 0 Å². The molecule has 0 aromatic heterocycles. The molecule has 5 heteroatoms. The minimum Gasteiger partial charge on any atom is -0.289 e. The predicted molar refractivity (Wildman–Crippen MR) is 63.8 cm³/mol. The lowest BCUT2D eigenvalue weighted by Gasteiger charge is -2.19. The number of rotatable bonds is 3. The van der Waals surface area contributed by atoms with Crippen LogP contribution in [0.4, 0.5) is 0 Å². The van der Waals surface area contributed by atoms with Crippen molar-refractivity contribution in [2.45, 2.75) is 30.7 Å². The fraction of sp³-hybridized carbons (Fsp3) is 0.417. The highest BCUT2D eigenvalue weighted by Gasteiger charge is 2.35. The van der Waals surface area contributed by atoms with E-state index in [0.717, 1.165) is 5.56 Å². The molecule has 1 aromatic carbocycles. The molecule has 0 saturated carbocycles. The molecule has 1 radical (unpaired) electrons. The molecule has 1 saturated heterocycles. The van der Waals surface area contributed by atoms with Gasteiger partial charge in [-0.1, -0.05) is 17.7 Å². The topological polar surface area (TPSA) is 54.5 Å². The summed E-state index contributed by atoms with van der Waals surface area (Å²) in [7, 11) is -3.55. The van der Waals surface area contributed by atoms with E-state index in [1.165, 1.54) is 4.31 Å². The predicted octanol–water partition coefficient (Wildman–Crippen LogP) is 1.26. The molecule has 0 bridgehead atoms. The lowest BCUT2D eigenvalue weighted by molar-refractivity contribution is 0.426. The van der Waals surface area contributed by atoms with Gasteiger partial charge in [0.15, 0.2) is 0 Å². The van der Waals surface area contributed by atoms with E-state index in [-0.39, 0.29) is 4.90 Å². The molecule has 1 aliphatic rings. The van der Waals surface area contributed by atoms with Gasteiger partial charge >= 0.3 is 0 Å². The SMILES string of the molecule is Cc1ccc(S(=O)(=O)N2CCC[C@H]2[C]=O)cc1. The van der Waals surface area contributed by atoms with Crippen molar-refractivity contribution in [3.63, 3.8) is 0 Å². The Bertz CT molecular complexity index is 507. The zero-order valence-corrected chi connectivity index (χ0v) is 10.4. The molecule has 0 unspecified atom stereocenters. The van der Waals surface area contributed by atoms with Crippen LogP contribution in [-0.2, 0) is 14.8 Å². The first-order chi connectivity index (χ1) is 8.05. The van der Waals surface area contributed by atoms with E-state index in [4.69, 9.17) is 0 Å². The first-order valence-corrected chi connectivity index (χ1v) is 6.96. The molecule has 1 heterocycles. The molecule has 1 atom stereocenters. The number of nitrogens with zero attached hydrogens (tertiary/aromatic N) is 1. The van der Waals surface area contributed by atoms with Gasteiger partial charge in [-0.15, -0.1) is 0 Å². The quantitative estimate of drug-likeness (QED) is 0.813. The molecule has 17 heavy (non-hydrogen) atoms. The molecule has 1 aliphatic heterocycles. The number of benzene rings is 1. The molecule has 1 aromatic rings. The van der Waals surface area contributed by atoms with Gasteiger partial charge in [-0.25, -0.2) is 8.42 Å². The van der Waals surface area contributed by atoms with Gasteiger partial charge in [-0.2, -0.15) is 4.31 Å². The maximum atomic E-state index is 12.3. The van der Waals surface area contributed by atoms with E-state index < -0.39 is 16.1 Å². The van der Waals surface area contributed by atoms with Crippen molar-refractivity contribution in [2.24, 2.45) is 0 Å². The van der Waals surface area contributed by atoms with Crippen LogP contribution in [0.5, 0.6) is 0 Å². The highest BCUT2D eigenvalue weighted by atomic mass is 32.2. The summed E-state index contributed by atoms with van der Waals surface area (Å²) in [5, 5.41) is 0. The number of sulfonamides is 1. The standard InChI is InChI=1S/C12H14NO3S/c1-10-4-6-12(7-5-10)17(15,16)13-8-2-3-11(13)9-14/h4-7,11H,2-3,8H2,1H3/t11-/m0/s1. The van der Waals surface area contributed by atoms with Crippen LogP contribution in [0.2, 0.25) is 0 Å². The highest BCUT2D eigenvalue weighted by Crippen LogP contribution is 2.25. The lowest BCUT2D eigenvalue weighted by atomic mass is 10.2. The van der Waals surface area contributed by atoms with Gasteiger partial charge < -0.3 is 0 Å². The zero-order chi connectivity index (χ0) is 12.5. The molecule has 0 N–H and O–H groups in total. The van der Waals surface area contributed by atoms with Gasteiger partial charge in [0.2, 0.25) is 16.3 Å². The average molecular weight is 252 g/mol. The Labute approximate surface area is 101 Å². The molecular weight excluding hydrogens is 238 g/mol.